The highest BCUT2D eigenvalue weighted by atomic mass is 16.5. The van der Waals surface area contributed by atoms with Crippen molar-refractivity contribution >= 4 is 11.6 Å². The normalized spacial score (nSPS) is 14.3. The largest absolute Gasteiger partial charge is 0.495 e. The van der Waals surface area contributed by atoms with E-state index in [4.69, 9.17) is 9.47 Å². The van der Waals surface area contributed by atoms with Crippen molar-refractivity contribution in [2.75, 3.05) is 51.9 Å². The third-order valence-corrected chi connectivity index (χ3v) is 4.72. The summed E-state index contributed by atoms with van der Waals surface area (Å²) < 4.78 is 12.9. The number of morpholine rings is 1. The summed E-state index contributed by atoms with van der Waals surface area (Å²) in [6.07, 6.45) is 3.70. The lowest BCUT2D eigenvalue weighted by molar-refractivity contribution is 0.0790. The lowest BCUT2D eigenvalue weighted by Gasteiger charge is -2.30. The number of hydrogen-bond donors (Lipinski definition) is 0. The third-order valence-electron chi connectivity index (χ3n) is 4.72. The smallest absolute Gasteiger partial charge is 0.253 e. The van der Waals surface area contributed by atoms with Gasteiger partial charge < -0.3 is 23.8 Å². The molecule has 0 saturated carbocycles. The highest BCUT2D eigenvalue weighted by Crippen LogP contribution is 2.30. The van der Waals surface area contributed by atoms with Gasteiger partial charge in [-0.15, -0.1) is 0 Å². The molecule has 0 bridgehead atoms. The summed E-state index contributed by atoms with van der Waals surface area (Å²) in [5.41, 5.74) is 1.61. The zero-order valence-electron chi connectivity index (χ0n) is 15.6. The molecule has 1 aliphatic heterocycles. The molecule has 1 aromatic heterocycles. The quantitative estimate of drug-likeness (QED) is 0.788. The van der Waals surface area contributed by atoms with Gasteiger partial charge in [-0.2, -0.15) is 0 Å². The first-order chi connectivity index (χ1) is 12.6. The second kappa shape index (κ2) is 8.23. The minimum atomic E-state index is -0.0000640. The van der Waals surface area contributed by atoms with E-state index in [0.29, 0.717) is 25.3 Å². The molecule has 1 amide bonds. The molecule has 0 radical (unpaired) electrons. The van der Waals surface area contributed by atoms with Crippen LogP contribution in [0.3, 0.4) is 0 Å². The highest BCUT2D eigenvalue weighted by molar-refractivity contribution is 5.95. The SMILES string of the molecule is COc1ccc(C(=O)N(C)CCn2ccnc2C)cc1N1CCOCC1. The molecule has 1 aliphatic rings. The van der Waals surface area contributed by atoms with Crippen LogP contribution in [0.4, 0.5) is 5.69 Å². The van der Waals surface area contributed by atoms with Gasteiger partial charge in [0.25, 0.3) is 5.91 Å². The van der Waals surface area contributed by atoms with Gasteiger partial charge in [0.2, 0.25) is 0 Å². The number of imidazole rings is 1. The third kappa shape index (κ3) is 3.99. The van der Waals surface area contributed by atoms with E-state index < -0.39 is 0 Å². The van der Waals surface area contributed by atoms with Crippen LogP contribution in [-0.2, 0) is 11.3 Å². The van der Waals surface area contributed by atoms with Crippen molar-refractivity contribution in [3.05, 3.63) is 42.0 Å². The topological polar surface area (TPSA) is 59.8 Å². The summed E-state index contributed by atoms with van der Waals surface area (Å²) in [6, 6.07) is 5.61. The van der Waals surface area contributed by atoms with Crippen molar-refractivity contribution in [3.63, 3.8) is 0 Å². The second-order valence-electron chi connectivity index (χ2n) is 6.38. The number of amides is 1. The Balaban J connectivity index is 1.72. The summed E-state index contributed by atoms with van der Waals surface area (Å²) in [5.74, 6) is 1.73. The number of anilines is 1. The molecule has 0 unspecified atom stereocenters. The minimum Gasteiger partial charge on any atom is -0.495 e. The van der Waals surface area contributed by atoms with Crippen LogP contribution >= 0.6 is 0 Å². The average Bonchev–Trinajstić information content (AvgIpc) is 3.10. The van der Waals surface area contributed by atoms with Gasteiger partial charge in [-0.1, -0.05) is 0 Å². The molecule has 3 rings (SSSR count). The van der Waals surface area contributed by atoms with Crippen LogP contribution in [0.1, 0.15) is 16.2 Å². The van der Waals surface area contributed by atoms with E-state index in [1.54, 1.807) is 18.2 Å². The number of aromatic nitrogens is 2. The molecule has 2 aromatic rings. The Hall–Kier alpha value is -2.54. The van der Waals surface area contributed by atoms with Crippen molar-refractivity contribution in [2.45, 2.75) is 13.5 Å². The van der Waals surface area contributed by atoms with Crippen molar-refractivity contribution in [1.82, 2.24) is 14.5 Å². The molecule has 1 fully saturated rings. The zero-order valence-corrected chi connectivity index (χ0v) is 15.6. The van der Waals surface area contributed by atoms with E-state index in [2.05, 4.69) is 9.88 Å². The molecule has 0 spiro atoms. The maximum absolute atomic E-state index is 12.8. The fraction of sp³-hybridized carbons (Fsp3) is 0.474. The molecular formula is C19H26N4O3. The zero-order chi connectivity index (χ0) is 18.5. The van der Waals surface area contributed by atoms with Gasteiger partial charge in [-0.3, -0.25) is 4.79 Å². The van der Waals surface area contributed by atoms with E-state index in [-0.39, 0.29) is 5.91 Å². The number of benzene rings is 1. The Morgan fingerprint density at radius 2 is 2.12 bits per heavy atom. The molecule has 7 heteroatoms. The lowest BCUT2D eigenvalue weighted by atomic mass is 10.1. The van der Waals surface area contributed by atoms with Crippen LogP contribution in [0.2, 0.25) is 0 Å². The van der Waals surface area contributed by atoms with Gasteiger partial charge in [-0.05, 0) is 25.1 Å². The van der Waals surface area contributed by atoms with Crippen LogP contribution < -0.4 is 9.64 Å². The molecule has 1 aromatic carbocycles. The van der Waals surface area contributed by atoms with Gasteiger partial charge in [-0.25, -0.2) is 4.98 Å². The van der Waals surface area contributed by atoms with Gasteiger partial charge in [0.05, 0.1) is 26.0 Å². The standard InChI is InChI=1S/C19H26N4O3/c1-15-20-6-7-22(15)9-8-21(2)19(24)16-4-5-18(25-3)17(14-16)23-10-12-26-13-11-23/h4-7,14H,8-13H2,1-3H3. The molecule has 26 heavy (non-hydrogen) atoms. The lowest BCUT2D eigenvalue weighted by Crippen LogP contribution is -2.36. The first-order valence-corrected chi connectivity index (χ1v) is 8.84. The van der Waals surface area contributed by atoms with Gasteiger partial charge >= 0.3 is 0 Å². The summed E-state index contributed by atoms with van der Waals surface area (Å²) in [6.45, 7) is 6.26. The van der Waals surface area contributed by atoms with Crippen molar-refractivity contribution in [3.8, 4) is 5.75 Å². The number of carbonyl (C=O) groups excluding carboxylic acids is 1. The maximum Gasteiger partial charge on any atom is 0.253 e. The van der Waals surface area contributed by atoms with Gasteiger partial charge in [0.15, 0.2) is 0 Å². The predicted octanol–water partition coefficient (Wildman–Crippen LogP) is 1.81. The Morgan fingerprint density at radius 1 is 1.35 bits per heavy atom. The van der Waals surface area contributed by atoms with Crippen molar-refractivity contribution in [1.29, 1.82) is 0 Å². The van der Waals surface area contributed by atoms with Crippen LogP contribution in [0.25, 0.3) is 0 Å². The monoisotopic (exact) mass is 358 g/mol. The molecule has 0 N–H and O–H groups in total. The van der Waals surface area contributed by atoms with Crippen LogP contribution in [0.5, 0.6) is 5.75 Å². The number of ether oxygens (including phenoxy) is 2. The Kier molecular flexibility index (Phi) is 5.78. The van der Waals surface area contributed by atoms with E-state index in [9.17, 15) is 4.79 Å². The number of rotatable bonds is 6. The van der Waals surface area contributed by atoms with Crippen molar-refractivity contribution in [2.24, 2.45) is 0 Å². The van der Waals surface area contributed by atoms with Gasteiger partial charge in [0.1, 0.15) is 11.6 Å². The fourth-order valence-electron chi connectivity index (χ4n) is 3.09. The first kappa shape index (κ1) is 18.3. The van der Waals surface area contributed by atoms with E-state index in [0.717, 1.165) is 36.9 Å². The Bertz CT molecular complexity index is 753. The summed E-state index contributed by atoms with van der Waals surface area (Å²) >= 11 is 0. The number of carbonyl (C=O) groups is 1. The van der Waals surface area contributed by atoms with Crippen LogP contribution in [0.15, 0.2) is 30.6 Å². The van der Waals surface area contributed by atoms with E-state index in [1.807, 2.05) is 42.9 Å². The number of methoxy groups -OCH3 is 1. The maximum atomic E-state index is 12.8. The fourth-order valence-corrected chi connectivity index (χ4v) is 3.09. The second-order valence-corrected chi connectivity index (χ2v) is 6.38. The number of aryl methyl sites for hydroxylation is 1. The average molecular weight is 358 g/mol. The molecule has 7 nitrogen and oxygen atoms in total. The van der Waals surface area contributed by atoms with E-state index >= 15 is 0 Å². The first-order valence-electron chi connectivity index (χ1n) is 8.84. The molecule has 0 aliphatic carbocycles. The van der Waals surface area contributed by atoms with Crippen molar-refractivity contribution < 1.29 is 14.3 Å². The Labute approximate surface area is 154 Å². The predicted molar refractivity (Wildman–Crippen MR) is 100.0 cm³/mol. The molecule has 2 heterocycles. The summed E-state index contributed by atoms with van der Waals surface area (Å²) in [4.78, 5) is 21.0. The van der Waals surface area contributed by atoms with Crippen LogP contribution in [-0.4, -0.2) is 67.4 Å². The highest BCUT2D eigenvalue weighted by Gasteiger charge is 2.19. The molecular weight excluding hydrogens is 332 g/mol. The van der Waals surface area contributed by atoms with E-state index in [1.165, 1.54) is 0 Å². The van der Waals surface area contributed by atoms with Gasteiger partial charge in [0, 0.05) is 51.2 Å². The molecule has 0 atom stereocenters. The summed E-state index contributed by atoms with van der Waals surface area (Å²) in [7, 11) is 3.48. The number of nitrogens with zero attached hydrogens (tertiary/aromatic N) is 4. The summed E-state index contributed by atoms with van der Waals surface area (Å²) in [5, 5.41) is 0. The number of likely N-dealkylation sites (N-methyl/N-ethyl adjacent to an activating group) is 1. The molecule has 1 saturated heterocycles. The molecule has 140 valence electrons. The minimum absolute atomic E-state index is 0.0000640. The number of hydrogen-bond acceptors (Lipinski definition) is 5. The Morgan fingerprint density at radius 3 is 2.77 bits per heavy atom. The van der Waals surface area contributed by atoms with Crippen LogP contribution in [0, 0.1) is 6.92 Å².